The van der Waals surface area contributed by atoms with E-state index in [9.17, 15) is 24.6 Å². The van der Waals surface area contributed by atoms with Gasteiger partial charge in [0.1, 0.15) is 0 Å². The Morgan fingerprint density at radius 1 is 0.917 bits per heavy atom. The van der Waals surface area contributed by atoms with Gasteiger partial charge in [0, 0.05) is 22.9 Å². The normalized spacial score (nSPS) is 11.9. The predicted molar refractivity (Wildman–Crippen MR) is 88.3 cm³/mol. The Hall–Kier alpha value is -2.66. The molecule has 0 spiro atoms. The van der Waals surface area contributed by atoms with E-state index < -0.39 is 23.8 Å². The molecule has 2 N–H and O–H groups in total. The van der Waals surface area contributed by atoms with Gasteiger partial charge in [0.05, 0.1) is 0 Å². The van der Waals surface area contributed by atoms with E-state index in [2.05, 4.69) is 0 Å². The summed E-state index contributed by atoms with van der Waals surface area (Å²) in [6, 6.07) is 14.6. The van der Waals surface area contributed by atoms with Crippen molar-refractivity contribution < 1.29 is 24.6 Å². The number of halogens is 1. The van der Waals surface area contributed by atoms with Crippen LogP contribution in [-0.2, 0) is 9.59 Å². The predicted octanol–water partition coefficient (Wildman–Crippen LogP) is 3.48. The first-order chi connectivity index (χ1) is 11.4. The molecule has 6 heteroatoms. The molecule has 1 atom stereocenters. The molecule has 0 saturated heterocycles. The molecule has 0 aliphatic heterocycles. The average Bonchev–Trinajstić information content (AvgIpc) is 2.54. The van der Waals surface area contributed by atoms with Crippen molar-refractivity contribution in [2.75, 3.05) is 0 Å². The van der Waals surface area contributed by atoms with E-state index in [1.165, 1.54) is 6.07 Å². The second-order valence-electron chi connectivity index (χ2n) is 5.31. The number of ketones is 1. The van der Waals surface area contributed by atoms with Crippen LogP contribution in [-0.4, -0.2) is 27.9 Å². The minimum absolute atomic E-state index is 0.242. The van der Waals surface area contributed by atoms with Crippen LogP contribution in [0.3, 0.4) is 0 Å². The molecule has 2 aromatic rings. The lowest BCUT2D eigenvalue weighted by Gasteiger charge is -2.21. The monoisotopic (exact) mass is 346 g/mol. The fourth-order valence-electron chi connectivity index (χ4n) is 2.56. The summed E-state index contributed by atoms with van der Waals surface area (Å²) in [5.41, 5.74) is 0.806. The summed E-state index contributed by atoms with van der Waals surface area (Å²) in [6.07, 6.45) is -0.242. The molecule has 0 heterocycles. The Labute approximate surface area is 143 Å². The van der Waals surface area contributed by atoms with Gasteiger partial charge in [-0.25, -0.2) is 0 Å². The van der Waals surface area contributed by atoms with Gasteiger partial charge in [-0.3, -0.25) is 14.4 Å². The van der Waals surface area contributed by atoms with Crippen molar-refractivity contribution in [3.05, 3.63) is 70.7 Å². The maximum Gasteiger partial charge on any atom is 0.318 e. The van der Waals surface area contributed by atoms with E-state index in [-0.39, 0.29) is 12.2 Å². The van der Waals surface area contributed by atoms with E-state index >= 15 is 0 Å². The number of carbonyl (C=O) groups is 3. The van der Waals surface area contributed by atoms with E-state index in [1.807, 2.05) is 0 Å². The highest BCUT2D eigenvalue weighted by atomic mass is 35.5. The quantitative estimate of drug-likeness (QED) is 0.591. The molecule has 0 radical (unpaired) electrons. The number of hydrogen-bond acceptors (Lipinski definition) is 3. The zero-order valence-electron chi connectivity index (χ0n) is 12.6. The zero-order valence-corrected chi connectivity index (χ0v) is 13.3. The van der Waals surface area contributed by atoms with Gasteiger partial charge < -0.3 is 10.2 Å². The molecular weight excluding hydrogens is 332 g/mol. The molecule has 5 nitrogen and oxygen atoms in total. The van der Waals surface area contributed by atoms with E-state index in [0.29, 0.717) is 16.1 Å². The van der Waals surface area contributed by atoms with E-state index in [1.54, 1.807) is 48.5 Å². The van der Waals surface area contributed by atoms with E-state index in [0.717, 1.165) is 0 Å². The van der Waals surface area contributed by atoms with Gasteiger partial charge in [-0.05, 0) is 17.7 Å². The number of carboxylic acids is 2. The van der Waals surface area contributed by atoms with Crippen molar-refractivity contribution in [2.24, 2.45) is 5.92 Å². The molecule has 0 fully saturated rings. The lowest BCUT2D eigenvalue weighted by molar-refractivity contribution is -0.155. The molecular formula is C18H15ClO5. The first-order valence-corrected chi connectivity index (χ1v) is 7.57. The summed E-state index contributed by atoms with van der Waals surface area (Å²) in [5.74, 6) is -6.01. The topological polar surface area (TPSA) is 91.7 Å². The number of carboxylic acid groups (broad SMARTS) is 2. The Bertz CT molecular complexity index is 743. The number of rotatable bonds is 7. The van der Waals surface area contributed by atoms with Crippen LogP contribution in [0.1, 0.15) is 28.3 Å². The highest BCUT2D eigenvalue weighted by Gasteiger charge is 2.37. The minimum atomic E-state index is -1.71. The lowest BCUT2D eigenvalue weighted by Crippen LogP contribution is -2.31. The van der Waals surface area contributed by atoms with Crippen molar-refractivity contribution in [3.8, 4) is 0 Å². The fraction of sp³-hybridized carbons (Fsp3) is 0.167. The van der Waals surface area contributed by atoms with Crippen LogP contribution >= 0.6 is 11.6 Å². The average molecular weight is 347 g/mol. The number of benzene rings is 2. The Morgan fingerprint density at radius 3 is 2.08 bits per heavy atom. The Kier molecular flexibility index (Phi) is 5.71. The molecule has 0 saturated carbocycles. The van der Waals surface area contributed by atoms with Gasteiger partial charge >= 0.3 is 11.9 Å². The molecule has 1 unspecified atom stereocenters. The van der Waals surface area contributed by atoms with Crippen LogP contribution in [0, 0.1) is 5.92 Å². The molecule has 0 bridgehead atoms. The molecule has 24 heavy (non-hydrogen) atoms. The van der Waals surface area contributed by atoms with Crippen LogP contribution in [0.5, 0.6) is 0 Å². The van der Waals surface area contributed by atoms with Gasteiger partial charge in [-0.1, -0.05) is 54.1 Å². The number of hydrogen-bond donors (Lipinski definition) is 2. The molecule has 2 rings (SSSR count). The summed E-state index contributed by atoms with van der Waals surface area (Å²) in [4.78, 5) is 35.3. The molecule has 0 aliphatic carbocycles. The SMILES string of the molecule is O=C(CC(c1ccccc1)C(C(=O)O)C(=O)O)c1cccc(Cl)c1. The summed E-state index contributed by atoms with van der Waals surface area (Å²) >= 11 is 5.87. The third-order valence-electron chi connectivity index (χ3n) is 3.71. The standard InChI is InChI=1S/C18H15ClO5/c19-13-8-4-7-12(9-13)15(20)10-14(11-5-2-1-3-6-11)16(17(21)22)18(23)24/h1-9,14,16H,10H2,(H,21,22)(H,23,24). The van der Waals surface area contributed by atoms with Crippen LogP contribution in [0.2, 0.25) is 5.02 Å². The van der Waals surface area contributed by atoms with Gasteiger partial charge in [-0.2, -0.15) is 0 Å². The van der Waals surface area contributed by atoms with E-state index in [4.69, 9.17) is 11.6 Å². The summed E-state index contributed by atoms with van der Waals surface area (Å²) in [7, 11) is 0. The fourth-order valence-corrected chi connectivity index (χ4v) is 2.75. The number of aliphatic carboxylic acids is 2. The molecule has 124 valence electrons. The first kappa shape index (κ1) is 17.7. The molecule has 0 amide bonds. The lowest BCUT2D eigenvalue weighted by atomic mass is 9.81. The molecule has 0 aliphatic rings. The maximum atomic E-state index is 12.5. The largest absolute Gasteiger partial charge is 0.481 e. The highest BCUT2D eigenvalue weighted by Crippen LogP contribution is 2.30. The van der Waals surface area contributed by atoms with Crippen molar-refractivity contribution in [2.45, 2.75) is 12.3 Å². The van der Waals surface area contributed by atoms with Crippen LogP contribution < -0.4 is 0 Å². The number of Topliss-reactive ketones (excluding diaryl/α,β-unsaturated/α-hetero) is 1. The second-order valence-corrected chi connectivity index (χ2v) is 5.75. The van der Waals surface area contributed by atoms with Gasteiger partial charge in [0.25, 0.3) is 0 Å². The van der Waals surface area contributed by atoms with Crippen LogP contribution in [0.4, 0.5) is 0 Å². The smallest absolute Gasteiger partial charge is 0.318 e. The third kappa shape index (κ3) is 4.20. The highest BCUT2D eigenvalue weighted by molar-refractivity contribution is 6.31. The third-order valence-corrected chi connectivity index (χ3v) is 3.95. The maximum absolute atomic E-state index is 12.5. The summed E-state index contributed by atoms with van der Waals surface area (Å²) in [6.45, 7) is 0. The van der Waals surface area contributed by atoms with Crippen molar-refractivity contribution in [1.82, 2.24) is 0 Å². The van der Waals surface area contributed by atoms with Gasteiger partial charge in [0.2, 0.25) is 0 Å². The van der Waals surface area contributed by atoms with Crippen LogP contribution in [0.25, 0.3) is 0 Å². The van der Waals surface area contributed by atoms with Gasteiger partial charge in [-0.15, -0.1) is 0 Å². The second kappa shape index (κ2) is 7.75. The summed E-state index contributed by atoms with van der Waals surface area (Å²) in [5, 5.41) is 19.0. The summed E-state index contributed by atoms with van der Waals surface area (Å²) < 4.78 is 0. The molecule has 2 aromatic carbocycles. The zero-order chi connectivity index (χ0) is 17.7. The van der Waals surface area contributed by atoms with Gasteiger partial charge in [0.15, 0.2) is 11.7 Å². The number of carbonyl (C=O) groups excluding carboxylic acids is 1. The Balaban J connectivity index is 2.38. The van der Waals surface area contributed by atoms with Crippen molar-refractivity contribution in [1.29, 1.82) is 0 Å². The van der Waals surface area contributed by atoms with Crippen molar-refractivity contribution >= 4 is 29.3 Å². The van der Waals surface area contributed by atoms with Crippen LogP contribution in [0.15, 0.2) is 54.6 Å². The Morgan fingerprint density at radius 2 is 1.54 bits per heavy atom. The molecule has 0 aromatic heterocycles. The minimum Gasteiger partial charge on any atom is -0.481 e. The first-order valence-electron chi connectivity index (χ1n) is 7.19. The van der Waals surface area contributed by atoms with Crippen molar-refractivity contribution in [3.63, 3.8) is 0 Å².